The zero-order valence-corrected chi connectivity index (χ0v) is 12.6. The summed E-state index contributed by atoms with van der Waals surface area (Å²) in [4.78, 5) is 12.0. The standard InChI is InChI=1S/C12H11N5O5S/c1-9(12-3-2-8-16(18)14-12)13-15-23(21,22)11-6-4-10(5-7-11)17(19)20/h2-8,15H,1H3. The van der Waals surface area contributed by atoms with E-state index in [0.29, 0.717) is 4.85 Å². The third-order valence-electron chi connectivity index (χ3n) is 2.74. The Bertz CT molecular complexity index is 864. The van der Waals surface area contributed by atoms with E-state index >= 15 is 0 Å². The Morgan fingerprint density at radius 2 is 1.96 bits per heavy atom. The topological polar surface area (TPSA) is 142 Å². The zero-order valence-electron chi connectivity index (χ0n) is 11.8. The van der Waals surface area contributed by atoms with Crippen molar-refractivity contribution in [3.05, 3.63) is 63.6 Å². The van der Waals surface area contributed by atoms with Gasteiger partial charge in [-0.15, -0.1) is 0 Å². The van der Waals surface area contributed by atoms with Crippen LogP contribution in [-0.2, 0) is 10.0 Å². The number of nitrogens with one attached hydrogen (secondary N) is 1. The first-order valence-corrected chi connectivity index (χ1v) is 7.65. The van der Waals surface area contributed by atoms with E-state index in [9.17, 15) is 23.7 Å². The molecule has 0 saturated carbocycles. The Labute approximate surface area is 130 Å². The minimum absolute atomic E-state index is 0.181. The average Bonchev–Trinajstić information content (AvgIpc) is 2.52. The molecule has 0 saturated heterocycles. The molecule has 120 valence electrons. The van der Waals surface area contributed by atoms with Gasteiger partial charge in [-0.2, -0.15) is 18.4 Å². The molecule has 1 heterocycles. The number of non-ortho nitro benzene ring substituents is 1. The van der Waals surface area contributed by atoms with Crippen molar-refractivity contribution in [1.29, 1.82) is 0 Å². The molecule has 0 amide bonds. The fourth-order valence-corrected chi connectivity index (χ4v) is 2.42. The quantitative estimate of drug-likeness (QED) is 0.274. The van der Waals surface area contributed by atoms with Crippen molar-refractivity contribution in [2.45, 2.75) is 11.8 Å². The molecular formula is C12H11N5O5S. The van der Waals surface area contributed by atoms with E-state index < -0.39 is 14.9 Å². The molecule has 0 atom stereocenters. The van der Waals surface area contributed by atoms with E-state index in [1.807, 2.05) is 4.83 Å². The minimum Gasteiger partial charge on any atom is -0.594 e. The van der Waals surface area contributed by atoms with E-state index in [2.05, 4.69) is 10.2 Å². The van der Waals surface area contributed by atoms with Crippen molar-refractivity contribution in [2.24, 2.45) is 5.10 Å². The van der Waals surface area contributed by atoms with Crippen molar-refractivity contribution >= 4 is 21.4 Å². The molecule has 1 N–H and O–H groups in total. The van der Waals surface area contributed by atoms with Crippen molar-refractivity contribution < 1.29 is 18.2 Å². The summed E-state index contributed by atoms with van der Waals surface area (Å²) in [5.74, 6) is 0. The zero-order chi connectivity index (χ0) is 17.0. The number of rotatable bonds is 5. The Balaban J connectivity index is 2.20. The molecule has 1 aromatic carbocycles. The first-order valence-electron chi connectivity index (χ1n) is 6.17. The summed E-state index contributed by atoms with van der Waals surface area (Å²) in [7, 11) is -3.99. The highest BCUT2D eigenvalue weighted by Crippen LogP contribution is 2.15. The molecule has 0 unspecified atom stereocenters. The van der Waals surface area contributed by atoms with Crippen LogP contribution in [0.15, 0.2) is 52.6 Å². The second kappa shape index (κ2) is 6.36. The van der Waals surface area contributed by atoms with Crippen LogP contribution in [0.25, 0.3) is 0 Å². The van der Waals surface area contributed by atoms with Gasteiger partial charge >= 0.3 is 0 Å². The van der Waals surface area contributed by atoms with Gasteiger partial charge in [0.25, 0.3) is 15.7 Å². The van der Waals surface area contributed by atoms with Crippen molar-refractivity contribution in [3.63, 3.8) is 0 Å². The van der Waals surface area contributed by atoms with Gasteiger partial charge in [0, 0.05) is 23.3 Å². The van der Waals surface area contributed by atoms with E-state index in [0.717, 1.165) is 24.3 Å². The van der Waals surface area contributed by atoms with Crippen LogP contribution in [0.5, 0.6) is 0 Å². The van der Waals surface area contributed by atoms with Gasteiger partial charge in [0.2, 0.25) is 6.20 Å². The first kappa shape index (κ1) is 16.3. The Morgan fingerprint density at radius 3 is 2.52 bits per heavy atom. The minimum atomic E-state index is -3.99. The van der Waals surface area contributed by atoms with Gasteiger partial charge in [-0.1, -0.05) is 4.85 Å². The van der Waals surface area contributed by atoms with E-state index in [4.69, 9.17) is 0 Å². The van der Waals surface area contributed by atoms with Gasteiger partial charge in [0.05, 0.1) is 15.5 Å². The highest BCUT2D eigenvalue weighted by Gasteiger charge is 2.15. The van der Waals surface area contributed by atoms with Crippen LogP contribution in [0.2, 0.25) is 0 Å². The molecule has 0 aliphatic rings. The molecule has 0 fully saturated rings. The summed E-state index contributed by atoms with van der Waals surface area (Å²) >= 11 is 0. The van der Waals surface area contributed by atoms with Gasteiger partial charge in [-0.25, -0.2) is 0 Å². The normalized spacial score (nSPS) is 12.0. The highest BCUT2D eigenvalue weighted by molar-refractivity contribution is 7.89. The lowest BCUT2D eigenvalue weighted by Gasteiger charge is -2.04. The lowest BCUT2D eigenvalue weighted by atomic mass is 10.3. The molecule has 0 spiro atoms. The molecular weight excluding hydrogens is 326 g/mol. The van der Waals surface area contributed by atoms with Crippen LogP contribution in [0.3, 0.4) is 0 Å². The molecule has 0 radical (unpaired) electrons. The van der Waals surface area contributed by atoms with E-state index in [-0.39, 0.29) is 22.0 Å². The van der Waals surface area contributed by atoms with Crippen LogP contribution in [0.4, 0.5) is 5.69 Å². The van der Waals surface area contributed by atoms with Crippen molar-refractivity contribution in [2.75, 3.05) is 0 Å². The first-order chi connectivity index (χ1) is 10.8. The second-order valence-corrected chi connectivity index (χ2v) is 6.00. The van der Waals surface area contributed by atoms with E-state index in [1.54, 1.807) is 0 Å². The summed E-state index contributed by atoms with van der Waals surface area (Å²) in [6, 6.07) is 7.27. The number of nitrogens with zero attached hydrogens (tertiary/aromatic N) is 4. The molecule has 0 bridgehead atoms. The van der Waals surface area contributed by atoms with Gasteiger partial charge in [0.15, 0.2) is 5.69 Å². The molecule has 0 aliphatic carbocycles. The Kier molecular flexibility index (Phi) is 4.50. The van der Waals surface area contributed by atoms with Gasteiger partial charge in [-0.3, -0.25) is 10.1 Å². The number of nitro groups is 1. The fraction of sp³-hybridized carbons (Fsp3) is 0.0833. The number of aromatic nitrogens is 2. The molecule has 11 heteroatoms. The Hall–Kier alpha value is -3.08. The largest absolute Gasteiger partial charge is 0.594 e. The van der Waals surface area contributed by atoms with Gasteiger partial charge in [-0.05, 0) is 25.1 Å². The van der Waals surface area contributed by atoms with Crippen LogP contribution in [0.1, 0.15) is 12.6 Å². The van der Waals surface area contributed by atoms with Crippen LogP contribution in [-0.4, -0.2) is 24.2 Å². The molecule has 1 aromatic heterocycles. The molecule has 10 nitrogen and oxygen atoms in total. The number of hydrogen-bond donors (Lipinski definition) is 1. The van der Waals surface area contributed by atoms with Crippen molar-refractivity contribution in [1.82, 2.24) is 9.93 Å². The average molecular weight is 337 g/mol. The molecule has 0 aliphatic heterocycles. The van der Waals surface area contributed by atoms with E-state index in [1.165, 1.54) is 25.3 Å². The number of sulfonamides is 1. The number of benzene rings is 1. The summed E-state index contributed by atoms with van der Waals surface area (Å²) in [6.07, 6.45) is 1.18. The van der Waals surface area contributed by atoms with Gasteiger partial charge < -0.3 is 5.21 Å². The third-order valence-corrected chi connectivity index (χ3v) is 3.96. The lowest BCUT2D eigenvalue weighted by Crippen LogP contribution is -2.32. The maximum atomic E-state index is 12.0. The molecule has 2 rings (SSSR count). The maximum absolute atomic E-state index is 12.0. The maximum Gasteiger partial charge on any atom is 0.276 e. The Morgan fingerprint density at radius 1 is 1.30 bits per heavy atom. The predicted molar refractivity (Wildman–Crippen MR) is 78.8 cm³/mol. The van der Waals surface area contributed by atoms with Crippen molar-refractivity contribution in [3.8, 4) is 0 Å². The monoisotopic (exact) mass is 337 g/mol. The smallest absolute Gasteiger partial charge is 0.276 e. The predicted octanol–water partition coefficient (Wildman–Crippen LogP) is 0.326. The summed E-state index contributed by atoms with van der Waals surface area (Å²) in [5.41, 5.74) is 0.159. The number of hydrogen-bond acceptors (Lipinski definition) is 7. The number of hydrazone groups is 1. The van der Waals surface area contributed by atoms with Gasteiger partial charge in [0.1, 0.15) is 0 Å². The summed E-state index contributed by atoms with van der Waals surface area (Å²) in [6.45, 7) is 1.47. The van der Waals surface area contributed by atoms with Crippen LogP contribution >= 0.6 is 0 Å². The van der Waals surface area contributed by atoms with Crippen LogP contribution < -0.4 is 9.68 Å². The number of nitro benzene ring substituents is 1. The highest BCUT2D eigenvalue weighted by atomic mass is 32.2. The lowest BCUT2D eigenvalue weighted by molar-refractivity contribution is -0.669. The fourth-order valence-electron chi connectivity index (χ4n) is 1.56. The third kappa shape index (κ3) is 3.97. The SMILES string of the molecule is CC(=NNS(=O)(=O)c1ccc([N+](=O)[O-])cc1)c1ccc[n+]([O-])n1. The molecule has 23 heavy (non-hydrogen) atoms. The molecule has 2 aromatic rings. The summed E-state index contributed by atoms with van der Waals surface area (Å²) in [5, 5.41) is 28.9. The second-order valence-electron chi connectivity index (χ2n) is 4.34. The summed E-state index contributed by atoms with van der Waals surface area (Å²) < 4.78 is 24.1. The van der Waals surface area contributed by atoms with Crippen LogP contribution in [0, 0.1) is 15.3 Å².